The van der Waals surface area contributed by atoms with E-state index in [4.69, 9.17) is 0 Å². The molecule has 0 aliphatic carbocycles. The van der Waals surface area contributed by atoms with Crippen LogP contribution < -0.4 is 14.2 Å². The molecule has 2 aromatic heterocycles. The van der Waals surface area contributed by atoms with E-state index in [0.717, 1.165) is 28.7 Å². The topological polar surface area (TPSA) is 130 Å². The highest BCUT2D eigenvalue weighted by Gasteiger charge is 2.19. The first kappa shape index (κ1) is 24.8. The SMILES string of the molecule is O=S(=O)(NCCC(c1ccccc1)c1ccccc1)Nc1ccc(S(=O)(=O)Nc2nccs2)nc1. The van der Waals surface area contributed by atoms with E-state index in [1.807, 2.05) is 60.7 Å². The maximum absolute atomic E-state index is 12.6. The van der Waals surface area contributed by atoms with Crippen LogP contribution in [0.2, 0.25) is 0 Å². The van der Waals surface area contributed by atoms with E-state index in [9.17, 15) is 16.8 Å². The van der Waals surface area contributed by atoms with Gasteiger partial charge in [0, 0.05) is 24.0 Å². The Labute approximate surface area is 208 Å². The molecule has 35 heavy (non-hydrogen) atoms. The van der Waals surface area contributed by atoms with Gasteiger partial charge >= 0.3 is 0 Å². The van der Waals surface area contributed by atoms with Crippen LogP contribution in [0, 0.1) is 0 Å². The maximum atomic E-state index is 12.6. The number of thiazole rings is 1. The molecule has 3 N–H and O–H groups in total. The summed E-state index contributed by atoms with van der Waals surface area (Å²) in [5.74, 6) is 0.0246. The Bertz CT molecular complexity index is 1390. The number of rotatable bonds is 11. The predicted octanol–water partition coefficient (Wildman–Crippen LogP) is 3.81. The first-order valence-electron chi connectivity index (χ1n) is 10.6. The Morgan fingerprint density at radius 1 is 0.800 bits per heavy atom. The molecular formula is C23H23N5O4S3. The third-order valence-corrected chi connectivity index (χ3v) is 8.21. The van der Waals surface area contributed by atoms with Crippen molar-refractivity contribution in [2.24, 2.45) is 0 Å². The molecule has 4 rings (SSSR count). The van der Waals surface area contributed by atoms with Crippen LogP contribution in [0.1, 0.15) is 23.5 Å². The molecule has 0 aliphatic rings. The van der Waals surface area contributed by atoms with Gasteiger partial charge in [-0.05, 0) is 29.7 Å². The number of nitrogens with zero attached hydrogens (tertiary/aromatic N) is 2. The molecule has 0 bridgehead atoms. The van der Waals surface area contributed by atoms with Crippen molar-refractivity contribution in [1.29, 1.82) is 0 Å². The van der Waals surface area contributed by atoms with E-state index in [0.29, 0.717) is 6.42 Å². The standard InChI is InChI=1S/C23H23N5O4S3/c29-34(30,28-23-24-15-16-33-23)22-12-11-20(17-25-22)27-35(31,32)26-14-13-21(18-7-3-1-4-8-18)19-9-5-2-6-10-19/h1-12,15-17,21,26-27H,13-14H2,(H,24,28). The fraction of sp³-hybridized carbons (Fsp3) is 0.130. The fourth-order valence-corrected chi connectivity index (χ4v) is 6.08. The largest absolute Gasteiger partial charge is 0.299 e. The number of hydrogen-bond donors (Lipinski definition) is 3. The van der Waals surface area contributed by atoms with Crippen molar-refractivity contribution in [3.05, 3.63) is 102 Å². The Morgan fingerprint density at radius 3 is 2.00 bits per heavy atom. The second kappa shape index (κ2) is 11.0. The van der Waals surface area contributed by atoms with Gasteiger partial charge in [-0.3, -0.25) is 9.44 Å². The van der Waals surface area contributed by atoms with Gasteiger partial charge in [0.05, 0.1) is 11.9 Å². The van der Waals surface area contributed by atoms with Gasteiger partial charge in [-0.25, -0.2) is 9.97 Å². The van der Waals surface area contributed by atoms with E-state index in [2.05, 4.69) is 24.1 Å². The molecule has 0 radical (unpaired) electrons. The molecule has 0 fully saturated rings. The first-order chi connectivity index (χ1) is 16.8. The zero-order valence-corrected chi connectivity index (χ0v) is 20.9. The van der Waals surface area contributed by atoms with E-state index in [1.54, 1.807) is 5.38 Å². The minimum absolute atomic E-state index is 0.0246. The quantitative estimate of drug-likeness (QED) is 0.271. The minimum atomic E-state index is -3.93. The molecule has 9 nitrogen and oxygen atoms in total. The average Bonchev–Trinajstić information content (AvgIpc) is 3.35. The summed E-state index contributed by atoms with van der Waals surface area (Å²) >= 11 is 1.13. The zero-order chi connectivity index (χ0) is 24.7. The predicted molar refractivity (Wildman–Crippen MR) is 137 cm³/mol. The second-order valence-electron chi connectivity index (χ2n) is 7.49. The molecule has 0 saturated heterocycles. The van der Waals surface area contributed by atoms with Gasteiger partial charge in [-0.2, -0.15) is 21.6 Å². The van der Waals surface area contributed by atoms with Crippen molar-refractivity contribution in [3.8, 4) is 0 Å². The molecule has 0 spiro atoms. The fourth-order valence-electron chi connectivity index (χ4n) is 3.47. The van der Waals surface area contributed by atoms with Crippen LogP contribution in [-0.2, 0) is 20.2 Å². The van der Waals surface area contributed by atoms with Crippen LogP contribution in [-0.4, -0.2) is 33.3 Å². The highest BCUT2D eigenvalue weighted by atomic mass is 32.2. The lowest BCUT2D eigenvalue weighted by Crippen LogP contribution is -2.31. The molecule has 2 aromatic carbocycles. The summed E-state index contributed by atoms with van der Waals surface area (Å²) in [6, 6.07) is 22.4. The average molecular weight is 530 g/mol. The molecule has 0 unspecified atom stereocenters. The first-order valence-corrected chi connectivity index (χ1v) is 14.4. The molecule has 12 heteroatoms. The van der Waals surface area contributed by atoms with Crippen LogP contribution in [0.4, 0.5) is 10.8 Å². The van der Waals surface area contributed by atoms with Gasteiger partial charge < -0.3 is 0 Å². The lowest BCUT2D eigenvalue weighted by atomic mass is 9.89. The van der Waals surface area contributed by atoms with Crippen LogP contribution in [0.25, 0.3) is 0 Å². The normalized spacial score (nSPS) is 11.9. The van der Waals surface area contributed by atoms with E-state index >= 15 is 0 Å². The zero-order valence-electron chi connectivity index (χ0n) is 18.4. The minimum Gasteiger partial charge on any atom is -0.270 e. The van der Waals surface area contributed by atoms with E-state index in [1.165, 1.54) is 18.3 Å². The maximum Gasteiger partial charge on any atom is 0.299 e. The van der Waals surface area contributed by atoms with Gasteiger partial charge in [0.1, 0.15) is 0 Å². The summed E-state index contributed by atoms with van der Waals surface area (Å²) in [4.78, 5) is 7.75. The third-order valence-electron chi connectivity index (χ3n) is 5.05. The molecule has 0 amide bonds. The smallest absolute Gasteiger partial charge is 0.270 e. The van der Waals surface area contributed by atoms with Crippen molar-refractivity contribution in [2.45, 2.75) is 17.4 Å². The van der Waals surface area contributed by atoms with Crippen LogP contribution in [0.15, 0.2) is 95.6 Å². The Kier molecular flexibility index (Phi) is 7.76. The Balaban J connectivity index is 1.38. The van der Waals surface area contributed by atoms with Crippen molar-refractivity contribution in [3.63, 3.8) is 0 Å². The van der Waals surface area contributed by atoms with Crippen LogP contribution in [0.5, 0.6) is 0 Å². The van der Waals surface area contributed by atoms with Crippen LogP contribution >= 0.6 is 11.3 Å². The van der Waals surface area contributed by atoms with Gasteiger partial charge in [0.2, 0.25) is 0 Å². The molecule has 0 atom stereocenters. The summed E-state index contributed by atoms with van der Waals surface area (Å²) in [7, 11) is -7.82. The number of hydrogen-bond acceptors (Lipinski definition) is 7. The van der Waals surface area contributed by atoms with Gasteiger partial charge in [0.15, 0.2) is 10.2 Å². The van der Waals surface area contributed by atoms with E-state index in [-0.39, 0.29) is 28.3 Å². The number of anilines is 2. The van der Waals surface area contributed by atoms with Gasteiger partial charge in [0.25, 0.3) is 20.2 Å². The van der Waals surface area contributed by atoms with Crippen molar-refractivity contribution in [1.82, 2.24) is 14.7 Å². The Morgan fingerprint density at radius 2 is 1.46 bits per heavy atom. The lowest BCUT2D eigenvalue weighted by Gasteiger charge is -2.18. The third kappa shape index (κ3) is 6.85. The molecule has 182 valence electrons. The molecule has 2 heterocycles. The monoisotopic (exact) mass is 529 g/mol. The van der Waals surface area contributed by atoms with Crippen molar-refractivity contribution in [2.75, 3.05) is 16.0 Å². The summed E-state index contributed by atoms with van der Waals surface area (Å²) in [6.07, 6.45) is 3.17. The molecular weight excluding hydrogens is 506 g/mol. The van der Waals surface area contributed by atoms with Gasteiger partial charge in [-0.15, -0.1) is 11.3 Å². The second-order valence-corrected chi connectivity index (χ2v) is 11.5. The summed E-state index contributed by atoms with van der Waals surface area (Å²) in [5.41, 5.74) is 2.32. The summed E-state index contributed by atoms with van der Waals surface area (Å²) < 4.78 is 57.1. The highest BCUT2D eigenvalue weighted by molar-refractivity contribution is 7.92. The molecule has 0 saturated carbocycles. The number of pyridine rings is 1. The lowest BCUT2D eigenvalue weighted by molar-refractivity contribution is 0.580. The summed E-state index contributed by atoms with van der Waals surface area (Å²) in [5, 5.41) is 1.60. The number of benzene rings is 2. The van der Waals surface area contributed by atoms with E-state index < -0.39 is 20.2 Å². The van der Waals surface area contributed by atoms with Crippen molar-refractivity contribution >= 4 is 42.4 Å². The summed E-state index contributed by atoms with van der Waals surface area (Å²) in [6.45, 7) is 0.196. The number of sulfonamides is 1. The molecule has 4 aromatic rings. The number of aromatic nitrogens is 2. The number of nitrogens with one attached hydrogen (secondary N) is 3. The van der Waals surface area contributed by atoms with Crippen LogP contribution in [0.3, 0.4) is 0 Å². The highest BCUT2D eigenvalue weighted by Crippen LogP contribution is 2.27. The van der Waals surface area contributed by atoms with Crippen molar-refractivity contribution < 1.29 is 16.8 Å². The Hall–Kier alpha value is -3.32. The molecule has 0 aliphatic heterocycles. The van der Waals surface area contributed by atoms with Gasteiger partial charge in [-0.1, -0.05) is 60.7 Å².